The van der Waals surface area contributed by atoms with Crippen LogP contribution in [0.1, 0.15) is 18.9 Å². The van der Waals surface area contributed by atoms with Gasteiger partial charge in [0.15, 0.2) is 5.76 Å². The largest absolute Gasteiger partial charge is 0.496 e. The lowest BCUT2D eigenvalue weighted by atomic mass is 10.4. The molecule has 0 saturated carbocycles. The molecule has 0 saturated heterocycles. The second-order valence-electron chi connectivity index (χ2n) is 3.20. The average molecular weight is 224 g/mol. The first-order valence-electron chi connectivity index (χ1n) is 4.55. The maximum absolute atomic E-state index is 5.66. The lowest BCUT2D eigenvalue weighted by Gasteiger charge is -1.96. The lowest BCUT2D eigenvalue weighted by Crippen LogP contribution is -2.04. The molecule has 1 unspecified atom stereocenters. The first-order valence-corrected chi connectivity index (χ1v) is 5.43. The van der Waals surface area contributed by atoms with E-state index >= 15 is 0 Å². The van der Waals surface area contributed by atoms with Gasteiger partial charge in [-0.2, -0.15) is 0 Å². The van der Waals surface area contributed by atoms with Gasteiger partial charge in [-0.15, -0.1) is 11.3 Å². The molecule has 0 aromatic carbocycles. The molecule has 5 heteroatoms. The van der Waals surface area contributed by atoms with E-state index in [1.807, 2.05) is 18.4 Å². The van der Waals surface area contributed by atoms with E-state index in [1.54, 1.807) is 24.6 Å². The summed E-state index contributed by atoms with van der Waals surface area (Å²) in [6.45, 7) is 1.84. The van der Waals surface area contributed by atoms with Crippen LogP contribution >= 0.6 is 11.3 Å². The number of methoxy groups -OCH3 is 1. The van der Waals surface area contributed by atoms with Crippen LogP contribution in [-0.4, -0.2) is 12.1 Å². The first-order chi connectivity index (χ1) is 7.20. The normalized spacial score (nSPS) is 12.7. The van der Waals surface area contributed by atoms with Gasteiger partial charge in [0.2, 0.25) is 5.89 Å². The number of aromatic nitrogens is 1. The van der Waals surface area contributed by atoms with Crippen LogP contribution in [0.4, 0.5) is 0 Å². The van der Waals surface area contributed by atoms with Crippen LogP contribution in [0.5, 0.6) is 5.75 Å². The summed E-state index contributed by atoms with van der Waals surface area (Å²) >= 11 is 1.55. The zero-order valence-electron chi connectivity index (χ0n) is 8.56. The molecule has 0 bridgehead atoms. The fraction of sp³-hybridized carbons (Fsp3) is 0.300. The van der Waals surface area contributed by atoms with Crippen LogP contribution in [0, 0.1) is 0 Å². The highest BCUT2D eigenvalue weighted by molar-refractivity contribution is 7.13. The monoisotopic (exact) mass is 224 g/mol. The molecule has 0 amide bonds. The van der Waals surface area contributed by atoms with Crippen molar-refractivity contribution in [2.75, 3.05) is 7.11 Å². The number of ether oxygens (including phenoxy) is 1. The second kappa shape index (κ2) is 4.04. The highest BCUT2D eigenvalue weighted by atomic mass is 32.1. The van der Waals surface area contributed by atoms with Crippen molar-refractivity contribution < 1.29 is 9.15 Å². The molecule has 0 aliphatic carbocycles. The van der Waals surface area contributed by atoms with Gasteiger partial charge in [-0.3, -0.25) is 0 Å². The molecule has 2 aromatic heterocycles. The van der Waals surface area contributed by atoms with Crippen molar-refractivity contribution in [3.05, 3.63) is 23.5 Å². The third-order valence-corrected chi connectivity index (χ3v) is 2.89. The first kappa shape index (κ1) is 10.2. The Bertz CT molecular complexity index is 448. The standard InChI is InChI=1S/C10H12N2O2S/c1-6(11)10-12-4-8(14-10)9-3-7(13-2)5-15-9/h3-6H,11H2,1-2H3. The zero-order valence-corrected chi connectivity index (χ0v) is 9.38. The van der Waals surface area contributed by atoms with E-state index in [0.29, 0.717) is 5.89 Å². The maximum atomic E-state index is 5.66. The van der Waals surface area contributed by atoms with E-state index in [9.17, 15) is 0 Å². The van der Waals surface area contributed by atoms with Gasteiger partial charge in [0.05, 0.1) is 24.2 Å². The minimum absolute atomic E-state index is 0.180. The summed E-state index contributed by atoms with van der Waals surface area (Å²) in [5.41, 5.74) is 5.66. The third kappa shape index (κ3) is 2.03. The summed E-state index contributed by atoms with van der Waals surface area (Å²) in [7, 11) is 1.64. The molecule has 80 valence electrons. The smallest absolute Gasteiger partial charge is 0.211 e. The molecular formula is C10H12N2O2S. The summed E-state index contributed by atoms with van der Waals surface area (Å²) < 4.78 is 10.6. The predicted octanol–water partition coefficient (Wildman–Crippen LogP) is 2.43. The topological polar surface area (TPSA) is 61.3 Å². The summed E-state index contributed by atoms with van der Waals surface area (Å²) in [6, 6.07) is 1.73. The van der Waals surface area contributed by atoms with Crippen molar-refractivity contribution in [2.45, 2.75) is 13.0 Å². The van der Waals surface area contributed by atoms with Crippen LogP contribution < -0.4 is 10.5 Å². The maximum Gasteiger partial charge on any atom is 0.211 e. The molecule has 0 spiro atoms. The van der Waals surface area contributed by atoms with E-state index in [-0.39, 0.29) is 6.04 Å². The Morgan fingerprint density at radius 3 is 2.93 bits per heavy atom. The van der Waals surface area contributed by atoms with Crippen molar-refractivity contribution >= 4 is 11.3 Å². The zero-order chi connectivity index (χ0) is 10.8. The second-order valence-corrected chi connectivity index (χ2v) is 4.11. The number of nitrogens with two attached hydrogens (primary N) is 1. The molecule has 15 heavy (non-hydrogen) atoms. The molecule has 2 rings (SSSR count). The van der Waals surface area contributed by atoms with E-state index in [4.69, 9.17) is 14.9 Å². The van der Waals surface area contributed by atoms with Gasteiger partial charge >= 0.3 is 0 Å². The van der Waals surface area contributed by atoms with Crippen molar-refractivity contribution in [1.29, 1.82) is 0 Å². The van der Waals surface area contributed by atoms with Crippen LogP contribution in [-0.2, 0) is 0 Å². The van der Waals surface area contributed by atoms with Gasteiger partial charge in [0.25, 0.3) is 0 Å². The molecule has 0 radical (unpaired) electrons. The van der Waals surface area contributed by atoms with Crippen molar-refractivity contribution in [3.63, 3.8) is 0 Å². The number of rotatable bonds is 3. The van der Waals surface area contributed by atoms with Crippen LogP contribution in [0.3, 0.4) is 0 Å². The van der Waals surface area contributed by atoms with Gasteiger partial charge in [-0.05, 0) is 6.92 Å². The minimum atomic E-state index is -0.180. The minimum Gasteiger partial charge on any atom is -0.496 e. The number of hydrogen-bond donors (Lipinski definition) is 1. The number of hydrogen-bond acceptors (Lipinski definition) is 5. The highest BCUT2D eigenvalue weighted by Crippen LogP contribution is 2.31. The Morgan fingerprint density at radius 2 is 2.40 bits per heavy atom. The molecule has 2 aromatic rings. The summed E-state index contributed by atoms with van der Waals surface area (Å²) in [4.78, 5) is 5.09. The van der Waals surface area contributed by atoms with Crippen LogP contribution in [0.2, 0.25) is 0 Å². The Balaban J connectivity index is 2.28. The van der Waals surface area contributed by atoms with Gasteiger partial charge in [0, 0.05) is 11.4 Å². The molecule has 0 aliphatic heterocycles. The molecular weight excluding hydrogens is 212 g/mol. The van der Waals surface area contributed by atoms with E-state index in [2.05, 4.69) is 4.98 Å². The highest BCUT2D eigenvalue weighted by Gasteiger charge is 2.11. The van der Waals surface area contributed by atoms with Gasteiger partial charge in [0.1, 0.15) is 5.75 Å². The van der Waals surface area contributed by atoms with E-state index in [1.165, 1.54) is 0 Å². The SMILES string of the molecule is COc1csc(-c2cnc(C(C)N)o2)c1. The summed E-state index contributed by atoms with van der Waals surface area (Å²) in [5.74, 6) is 2.11. The van der Waals surface area contributed by atoms with Crippen molar-refractivity contribution in [2.24, 2.45) is 5.73 Å². The predicted molar refractivity (Wildman–Crippen MR) is 59.0 cm³/mol. The Morgan fingerprint density at radius 1 is 1.60 bits per heavy atom. The fourth-order valence-electron chi connectivity index (χ4n) is 1.17. The molecule has 0 fully saturated rings. The van der Waals surface area contributed by atoms with E-state index < -0.39 is 0 Å². The average Bonchev–Trinajstić information content (AvgIpc) is 2.86. The van der Waals surface area contributed by atoms with Crippen LogP contribution in [0.25, 0.3) is 10.6 Å². The van der Waals surface area contributed by atoms with Crippen LogP contribution in [0.15, 0.2) is 22.1 Å². The van der Waals surface area contributed by atoms with Crippen molar-refractivity contribution in [1.82, 2.24) is 4.98 Å². The Hall–Kier alpha value is -1.33. The summed E-state index contributed by atoms with van der Waals surface area (Å²) in [6.07, 6.45) is 1.68. The Kier molecular flexibility index (Phi) is 2.75. The van der Waals surface area contributed by atoms with Gasteiger partial charge in [-0.25, -0.2) is 4.98 Å². The number of oxazole rings is 1. The molecule has 2 heterocycles. The molecule has 0 aliphatic rings. The number of nitrogens with zero attached hydrogens (tertiary/aromatic N) is 1. The van der Waals surface area contributed by atoms with E-state index in [0.717, 1.165) is 16.4 Å². The van der Waals surface area contributed by atoms with Crippen molar-refractivity contribution in [3.8, 4) is 16.4 Å². The van der Waals surface area contributed by atoms with Gasteiger partial charge in [-0.1, -0.05) is 0 Å². The Labute approximate surface area is 91.7 Å². The molecule has 1 atom stereocenters. The third-order valence-electron chi connectivity index (χ3n) is 1.97. The summed E-state index contributed by atoms with van der Waals surface area (Å²) in [5, 5.41) is 1.92. The van der Waals surface area contributed by atoms with Gasteiger partial charge < -0.3 is 14.9 Å². The molecule has 2 N–H and O–H groups in total. The quantitative estimate of drug-likeness (QED) is 0.869. The fourth-order valence-corrected chi connectivity index (χ4v) is 1.97. The lowest BCUT2D eigenvalue weighted by molar-refractivity contribution is 0.416. The molecule has 4 nitrogen and oxygen atoms in total. The number of thiophene rings is 1.